The zero-order valence-electron chi connectivity index (χ0n) is 10.1. The first-order valence-electron chi connectivity index (χ1n) is 5.61. The van der Waals surface area contributed by atoms with E-state index in [1.54, 1.807) is 0 Å². The molecule has 0 amide bonds. The van der Waals surface area contributed by atoms with Crippen LogP contribution in [0, 0.1) is 0 Å². The number of rotatable bonds is 3. The fraction of sp³-hybridized carbons (Fsp3) is 0.364. The summed E-state index contributed by atoms with van der Waals surface area (Å²) in [4.78, 5) is 10.7. The van der Waals surface area contributed by atoms with Gasteiger partial charge in [-0.05, 0) is 24.6 Å². The topological polar surface area (TPSA) is 107 Å². The number of hydrogen-bond acceptors (Lipinski definition) is 5. The van der Waals surface area contributed by atoms with Crippen LogP contribution in [0.3, 0.4) is 0 Å². The molecule has 3 N–H and O–H groups in total. The van der Waals surface area contributed by atoms with E-state index in [1.165, 1.54) is 25.1 Å². The SMILES string of the molecule is CC(O)c1ccc(N2CC(C=O)NS2(=O)=O)c(O)c1. The zero-order chi connectivity index (χ0) is 14.2. The van der Waals surface area contributed by atoms with Crippen LogP contribution in [0.2, 0.25) is 0 Å². The summed E-state index contributed by atoms with van der Waals surface area (Å²) in [6.07, 6.45) is -0.269. The monoisotopic (exact) mass is 286 g/mol. The highest BCUT2D eigenvalue weighted by atomic mass is 32.2. The van der Waals surface area contributed by atoms with Gasteiger partial charge in [0.05, 0.1) is 24.4 Å². The number of phenolic OH excluding ortho intramolecular Hbond substituents is 1. The molecule has 0 aliphatic carbocycles. The first kappa shape index (κ1) is 13.8. The van der Waals surface area contributed by atoms with Gasteiger partial charge in [-0.3, -0.25) is 4.31 Å². The summed E-state index contributed by atoms with van der Waals surface area (Å²) in [5.41, 5.74) is 0.541. The molecule has 0 aromatic heterocycles. The van der Waals surface area contributed by atoms with E-state index in [0.717, 1.165) is 4.31 Å². The molecule has 19 heavy (non-hydrogen) atoms. The van der Waals surface area contributed by atoms with Gasteiger partial charge in [-0.15, -0.1) is 0 Å². The lowest BCUT2D eigenvalue weighted by atomic mass is 10.1. The third-order valence-corrected chi connectivity index (χ3v) is 4.39. The van der Waals surface area contributed by atoms with Crippen LogP contribution in [0.4, 0.5) is 5.69 Å². The molecule has 2 rings (SSSR count). The van der Waals surface area contributed by atoms with Crippen LogP contribution in [0.15, 0.2) is 18.2 Å². The van der Waals surface area contributed by atoms with E-state index < -0.39 is 22.4 Å². The van der Waals surface area contributed by atoms with Crippen LogP contribution >= 0.6 is 0 Å². The highest BCUT2D eigenvalue weighted by molar-refractivity contribution is 7.91. The van der Waals surface area contributed by atoms with Crippen molar-refractivity contribution in [2.24, 2.45) is 0 Å². The Kier molecular flexibility index (Phi) is 3.48. The number of aromatic hydroxyl groups is 1. The molecule has 1 aliphatic heterocycles. The molecule has 2 unspecified atom stereocenters. The highest BCUT2D eigenvalue weighted by Crippen LogP contribution is 2.33. The van der Waals surface area contributed by atoms with Crippen molar-refractivity contribution in [2.45, 2.75) is 19.1 Å². The van der Waals surface area contributed by atoms with Crippen LogP contribution < -0.4 is 9.03 Å². The Bertz CT molecular complexity index is 599. The summed E-state index contributed by atoms with van der Waals surface area (Å²) in [5, 5.41) is 19.2. The molecule has 1 heterocycles. The molecule has 1 aromatic rings. The maximum Gasteiger partial charge on any atom is 0.302 e. The Morgan fingerprint density at radius 3 is 2.68 bits per heavy atom. The average Bonchev–Trinajstić information content (AvgIpc) is 2.64. The number of phenols is 1. The number of aliphatic hydroxyl groups is 1. The zero-order valence-corrected chi connectivity index (χ0v) is 11.0. The van der Waals surface area contributed by atoms with Crippen LogP contribution in [0.25, 0.3) is 0 Å². The van der Waals surface area contributed by atoms with Gasteiger partial charge < -0.3 is 15.0 Å². The van der Waals surface area contributed by atoms with Crippen molar-refractivity contribution in [3.63, 3.8) is 0 Å². The maximum absolute atomic E-state index is 11.8. The van der Waals surface area contributed by atoms with E-state index in [0.29, 0.717) is 11.8 Å². The number of benzene rings is 1. The van der Waals surface area contributed by atoms with Crippen molar-refractivity contribution in [2.75, 3.05) is 10.8 Å². The number of nitrogens with zero attached hydrogens (tertiary/aromatic N) is 1. The van der Waals surface area contributed by atoms with Crippen molar-refractivity contribution in [3.8, 4) is 5.75 Å². The quantitative estimate of drug-likeness (QED) is 0.659. The molecule has 104 valence electrons. The summed E-state index contributed by atoms with van der Waals surface area (Å²) in [6, 6.07) is 3.37. The normalized spacial score (nSPS) is 23.3. The summed E-state index contributed by atoms with van der Waals surface area (Å²) in [6.45, 7) is 1.46. The van der Waals surface area contributed by atoms with E-state index in [2.05, 4.69) is 4.72 Å². The minimum atomic E-state index is -3.83. The minimum absolute atomic E-state index is 0.0706. The van der Waals surface area contributed by atoms with Gasteiger partial charge >= 0.3 is 10.2 Å². The summed E-state index contributed by atoms with van der Waals surface area (Å²) >= 11 is 0. The summed E-state index contributed by atoms with van der Waals surface area (Å²) < 4.78 is 26.7. The lowest BCUT2D eigenvalue weighted by Crippen LogP contribution is -2.30. The van der Waals surface area contributed by atoms with Crippen LogP contribution in [-0.2, 0) is 15.0 Å². The van der Waals surface area contributed by atoms with E-state index in [4.69, 9.17) is 0 Å². The van der Waals surface area contributed by atoms with Crippen molar-refractivity contribution in [1.82, 2.24) is 4.72 Å². The third kappa shape index (κ3) is 2.55. The molecule has 2 atom stereocenters. The molecule has 0 saturated carbocycles. The van der Waals surface area contributed by atoms with Gasteiger partial charge in [0.15, 0.2) is 0 Å². The second kappa shape index (κ2) is 4.80. The van der Waals surface area contributed by atoms with Gasteiger partial charge in [0.25, 0.3) is 0 Å². The summed E-state index contributed by atoms with van der Waals surface area (Å²) in [7, 11) is -3.83. The van der Waals surface area contributed by atoms with Crippen LogP contribution in [0.5, 0.6) is 5.75 Å². The van der Waals surface area contributed by atoms with Gasteiger partial charge in [-0.25, -0.2) is 0 Å². The number of nitrogens with one attached hydrogen (secondary N) is 1. The lowest BCUT2D eigenvalue weighted by molar-refractivity contribution is -0.108. The molecular formula is C11H14N2O5S. The van der Waals surface area contributed by atoms with Crippen LogP contribution in [0.1, 0.15) is 18.6 Å². The molecule has 0 radical (unpaired) electrons. The van der Waals surface area contributed by atoms with Crippen molar-refractivity contribution in [3.05, 3.63) is 23.8 Å². The predicted molar refractivity (Wildman–Crippen MR) is 68.0 cm³/mol. The number of carbonyl (C=O) groups excluding carboxylic acids is 1. The van der Waals surface area contributed by atoms with Gasteiger partial charge in [0, 0.05) is 0 Å². The average molecular weight is 286 g/mol. The number of carbonyl (C=O) groups is 1. The first-order chi connectivity index (χ1) is 8.85. The van der Waals surface area contributed by atoms with Gasteiger partial charge in [0.2, 0.25) is 0 Å². The predicted octanol–water partition coefficient (Wildman–Crippen LogP) is -0.333. The first-order valence-corrected chi connectivity index (χ1v) is 7.05. The minimum Gasteiger partial charge on any atom is -0.506 e. The number of hydrogen-bond donors (Lipinski definition) is 3. The second-order valence-electron chi connectivity index (χ2n) is 4.32. The van der Waals surface area contributed by atoms with Gasteiger partial charge in [-0.2, -0.15) is 13.1 Å². The van der Waals surface area contributed by atoms with Crippen molar-refractivity contribution < 1.29 is 23.4 Å². The highest BCUT2D eigenvalue weighted by Gasteiger charge is 2.36. The molecule has 1 fully saturated rings. The molecule has 7 nitrogen and oxygen atoms in total. The Balaban J connectivity index is 2.40. The standard InChI is InChI=1S/C11H14N2O5S/c1-7(15)8-2-3-10(11(16)4-8)13-5-9(6-14)12-19(13,17)18/h2-4,6-7,9,12,15-16H,5H2,1H3. The third-order valence-electron chi connectivity index (χ3n) is 2.87. The Morgan fingerprint density at radius 2 is 2.21 bits per heavy atom. The fourth-order valence-electron chi connectivity index (χ4n) is 1.88. The van der Waals surface area contributed by atoms with E-state index >= 15 is 0 Å². The van der Waals surface area contributed by atoms with Crippen molar-refractivity contribution >= 4 is 22.2 Å². The van der Waals surface area contributed by atoms with E-state index in [-0.39, 0.29) is 18.0 Å². The Hall–Kier alpha value is -1.64. The largest absolute Gasteiger partial charge is 0.506 e. The molecule has 0 spiro atoms. The smallest absolute Gasteiger partial charge is 0.302 e. The molecule has 1 aromatic carbocycles. The molecule has 1 aliphatic rings. The second-order valence-corrected chi connectivity index (χ2v) is 5.95. The molecule has 0 bridgehead atoms. The molecule has 8 heteroatoms. The van der Waals surface area contributed by atoms with Crippen LogP contribution in [-0.4, -0.2) is 37.5 Å². The van der Waals surface area contributed by atoms with E-state index in [1.807, 2.05) is 0 Å². The van der Waals surface area contributed by atoms with Gasteiger partial charge in [-0.1, -0.05) is 6.07 Å². The van der Waals surface area contributed by atoms with Crippen molar-refractivity contribution in [1.29, 1.82) is 0 Å². The Morgan fingerprint density at radius 1 is 1.53 bits per heavy atom. The number of anilines is 1. The lowest BCUT2D eigenvalue weighted by Gasteiger charge is -2.18. The summed E-state index contributed by atoms with van der Waals surface area (Å²) in [5.74, 6) is -0.268. The Labute approximate surface area is 110 Å². The number of aldehydes is 1. The molecule has 1 saturated heterocycles. The van der Waals surface area contributed by atoms with E-state index in [9.17, 15) is 23.4 Å². The maximum atomic E-state index is 11.8. The number of aliphatic hydroxyl groups excluding tert-OH is 1. The molecular weight excluding hydrogens is 272 g/mol. The van der Waals surface area contributed by atoms with Gasteiger partial charge in [0.1, 0.15) is 12.0 Å². The fourth-order valence-corrected chi connectivity index (χ4v) is 3.29.